The molecule has 0 atom stereocenters. The number of nitrogens with zero attached hydrogens (tertiary/aromatic N) is 1. The standard InChI is InChI=1S/C16H14ClNO4S/c1-2-21-14(19)7-8-15(20)22-9-11-10-23-16(18-11)12-5-3-4-6-13(12)17/h3-8,10H,2,9H2,1H3/b8-7+. The van der Waals surface area contributed by atoms with Gasteiger partial charge in [0, 0.05) is 23.1 Å². The van der Waals surface area contributed by atoms with Crippen LogP contribution in [0.1, 0.15) is 12.6 Å². The molecule has 1 heterocycles. The second-order valence-electron chi connectivity index (χ2n) is 4.32. The summed E-state index contributed by atoms with van der Waals surface area (Å²) in [5, 5.41) is 3.16. The Hall–Kier alpha value is -2.18. The van der Waals surface area contributed by atoms with Crippen molar-refractivity contribution in [1.82, 2.24) is 4.98 Å². The topological polar surface area (TPSA) is 65.5 Å². The van der Waals surface area contributed by atoms with E-state index in [1.807, 2.05) is 18.2 Å². The second kappa shape index (κ2) is 8.45. The van der Waals surface area contributed by atoms with Crippen molar-refractivity contribution in [3.63, 3.8) is 0 Å². The van der Waals surface area contributed by atoms with E-state index < -0.39 is 11.9 Å². The molecule has 0 aliphatic heterocycles. The molecule has 23 heavy (non-hydrogen) atoms. The highest BCUT2D eigenvalue weighted by Gasteiger charge is 2.09. The third-order valence-corrected chi connectivity index (χ3v) is 3.91. The molecule has 0 N–H and O–H groups in total. The lowest BCUT2D eigenvalue weighted by atomic mass is 10.2. The molecule has 0 saturated heterocycles. The van der Waals surface area contributed by atoms with Crippen LogP contribution in [0.4, 0.5) is 0 Å². The van der Waals surface area contributed by atoms with Gasteiger partial charge in [0.25, 0.3) is 0 Å². The van der Waals surface area contributed by atoms with Gasteiger partial charge in [0.1, 0.15) is 11.6 Å². The molecular formula is C16H14ClNO4S. The number of thiazole rings is 1. The van der Waals surface area contributed by atoms with Crippen molar-refractivity contribution < 1.29 is 19.1 Å². The van der Waals surface area contributed by atoms with Gasteiger partial charge in [-0.25, -0.2) is 14.6 Å². The van der Waals surface area contributed by atoms with Crippen molar-refractivity contribution in [2.24, 2.45) is 0 Å². The first-order valence-electron chi connectivity index (χ1n) is 6.81. The van der Waals surface area contributed by atoms with Gasteiger partial charge in [-0.2, -0.15) is 0 Å². The average Bonchev–Trinajstić information content (AvgIpc) is 3.00. The van der Waals surface area contributed by atoms with Crippen molar-refractivity contribution in [2.45, 2.75) is 13.5 Å². The summed E-state index contributed by atoms with van der Waals surface area (Å²) in [6.07, 6.45) is 2.06. The van der Waals surface area contributed by atoms with E-state index in [9.17, 15) is 9.59 Å². The number of hydrogen-bond acceptors (Lipinski definition) is 6. The van der Waals surface area contributed by atoms with E-state index in [0.29, 0.717) is 10.7 Å². The molecule has 0 aliphatic rings. The van der Waals surface area contributed by atoms with Crippen LogP contribution < -0.4 is 0 Å². The fraction of sp³-hybridized carbons (Fsp3) is 0.188. The maximum absolute atomic E-state index is 11.5. The Balaban J connectivity index is 1.91. The Bertz CT molecular complexity index is 726. The van der Waals surface area contributed by atoms with Crippen LogP contribution in [0.2, 0.25) is 5.02 Å². The van der Waals surface area contributed by atoms with E-state index in [4.69, 9.17) is 16.3 Å². The van der Waals surface area contributed by atoms with Crippen LogP contribution >= 0.6 is 22.9 Å². The van der Waals surface area contributed by atoms with Crippen molar-refractivity contribution in [3.8, 4) is 10.6 Å². The number of hydrogen-bond donors (Lipinski definition) is 0. The SMILES string of the molecule is CCOC(=O)/C=C/C(=O)OCc1csc(-c2ccccc2Cl)n1. The van der Waals surface area contributed by atoms with Crippen molar-refractivity contribution in [1.29, 1.82) is 0 Å². The summed E-state index contributed by atoms with van der Waals surface area (Å²) >= 11 is 7.53. The summed E-state index contributed by atoms with van der Waals surface area (Å²) in [5.41, 5.74) is 1.45. The molecule has 120 valence electrons. The van der Waals surface area contributed by atoms with Crippen LogP contribution in [0.15, 0.2) is 41.8 Å². The molecular weight excluding hydrogens is 338 g/mol. The van der Waals surface area contributed by atoms with Gasteiger partial charge < -0.3 is 9.47 Å². The minimum Gasteiger partial charge on any atom is -0.463 e. The minimum atomic E-state index is -0.634. The van der Waals surface area contributed by atoms with E-state index >= 15 is 0 Å². The first kappa shape index (κ1) is 17.2. The van der Waals surface area contributed by atoms with Gasteiger partial charge in [-0.3, -0.25) is 0 Å². The van der Waals surface area contributed by atoms with E-state index in [2.05, 4.69) is 9.72 Å². The molecule has 0 saturated carbocycles. The lowest BCUT2D eigenvalue weighted by molar-refractivity contribution is -0.141. The van der Waals surface area contributed by atoms with Crippen LogP contribution in [0.5, 0.6) is 0 Å². The maximum Gasteiger partial charge on any atom is 0.331 e. The summed E-state index contributed by atoms with van der Waals surface area (Å²) in [4.78, 5) is 26.9. The van der Waals surface area contributed by atoms with E-state index in [1.54, 1.807) is 18.4 Å². The van der Waals surface area contributed by atoms with E-state index in [-0.39, 0.29) is 13.2 Å². The largest absolute Gasteiger partial charge is 0.463 e. The number of rotatable bonds is 6. The summed E-state index contributed by atoms with van der Waals surface area (Å²) in [6.45, 7) is 1.96. The smallest absolute Gasteiger partial charge is 0.331 e. The first-order chi connectivity index (χ1) is 11.1. The summed E-state index contributed by atoms with van der Waals surface area (Å²) in [7, 11) is 0. The molecule has 0 unspecified atom stereocenters. The Morgan fingerprint density at radius 2 is 1.91 bits per heavy atom. The number of ether oxygens (including phenoxy) is 2. The number of halogens is 1. The Labute approximate surface area is 142 Å². The van der Waals surface area contributed by atoms with Crippen LogP contribution in [0.3, 0.4) is 0 Å². The van der Waals surface area contributed by atoms with Gasteiger partial charge in [0.2, 0.25) is 0 Å². The van der Waals surface area contributed by atoms with E-state index in [0.717, 1.165) is 22.7 Å². The third-order valence-electron chi connectivity index (χ3n) is 2.66. The first-order valence-corrected chi connectivity index (χ1v) is 8.06. The predicted molar refractivity (Wildman–Crippen MR) is 88.1 cm³/mol. The van der Waals surface area contributed by atoms with Gasteiger partial charge in [-0.15, -0.1) is 11.3 Å². The zero-order chi connectivity index (χ0) is 16.7. The molecule has 0 fully saturated rings. The molecule has 1 aromatic carbocycles. The molecule has 2 rings (SSSR count). The highest BCUT2D eigenvalue weighted by atomic mass is 35.5. The number of benzene rings is 1. The van der Waals surface area contributed by atoms with Crippen molar-refractivity contribution >= 4 is 34.9 Å². The third kappa shape index (κ3) is 5.19. The Morgan fingerprint density at radius 3 is 2.61 bits per heavy atom. The van der Waals surface area contributed by atoms with Gasteiger partial charge in [0.05, 0.1) is 17.3 Å². The Kier molecular flexibility index (Phi) is 6.31. The summed E-state index contributed by atoms with van der Waals surface area (Å²) in [6, 6.07) is 7.39. The quantitative estimate of drug-likeness (QED) is 0.587. The molecule has 7 heteroatoms. The Morgan fingerprint density at radius 1 is 1.22 bits per heavy atom. The van der Waals surface area contributed by atoms with Crippen LogP contribution in [-0.2, 0) is 25.7 Å². The van der Waals surface area contributed by atoms with Crippen molar-refractivity contribution in [2.75, 3.05) is 6.61 Å². The fourth-order valence-electron chi connectivity index (χ4n) is 1.65. The molecule has 0 spiro atoms. The van der Waals surface area contributed by atoms with Gasteiger partial charge >= 0.3 is 11.9 Å². The summed E-state index contributed by atoms with van der Waals surface area (Å²) < 4.78 is 9.68. The molecule has 0 bridgehead atoms. The molecule has 0 amide bonds. The van der Waals surface area contributed by atoms with Crippen LogP contribution in [0.25, 0.3) is 10.6 Å². The van der Waals surface area contributed by atoms with E-state index in [1.165, 1.54) is 11.3 Å². The number of carbonyl (C=O) groups excluding carboxylic acids is 2. The number of esters is 2. The summed E-state index contributed by atoms with van der Waals surface area (Å²) in [5.74, 6) is -1.22. The monoisotopic (exact) mass is 351 g/mol. The highest BCUT2D eigenvalue weighted by molar-refractivity contribution is 7.13. The molecule has 2 aromatic rings. The maximum atomic E-state index is 11.5. The predicted octanol–water partition coefficient (Wildman–Crippen LogP) is 3.63. The zero-order valence-corrected chi connectivity index (χ0v) is 13.9. The molecule has 0 radical (unpaired) electrons. The van der Waals surface area contributed by atoms with Crippen LogP contribution in [-0.4, -0.2) is 23.5 Å². The van der Waals surface area contributed by atoms with Gasteiger partial charge in [0.15, 0.2) is 0 Å². The average molecular weight is 352 g/mol. The fourth-order valence-corrected chi connectivity index (χ4v) is 2.78. The number of aromatic nitrogens is 1. The van der Waals surface area contributed by atoms with Gasteiger partial charge in [-0.1, -0.05) is 29.8 Å². The molecule has 5 nitrogen and oxygen atoms in total. The van der Waals surface area contributed by atoms with Crippen molar-refractivity contribution in [3.05, 3.63) is 52.5 Å². The molecule has 0 aliphatic carbocycles. The second-order valence-corrected chi connectivity index (χ2v) is 5.58. The lowest BCUT2D eigenvalue weighted by Crippen LogP contribution is -2.04. The van der Waals surface area contributed by atoms with Gasteiger partial charge in [-0.05, 0) is 13.0 Å². The lowest BCUT2D eigenvalue weighted by Gasteiger charge is -2.00. The zero-order valence-electron chi connectivity index (χ0n) is 12.3. The number of carbonyl (C=O) groups is 2. The van der Waals surface area contributed by atoms with Crippen LogP contribution in [0, 0.1) is 0 Å². The molecule has 1 aromatic heterocycles. The minimum absolute atomic E-state index is 0.0208. The normalized spacial score (nSPS) is 10.7. The highest BCUT2D eigenvalue weighted by Crippen LogP contribution is 2.30.